The number of ether oxygens (including phenoxy) is 1. The SMILES string of the molecule is COc1ccc(C(O)CNC(=O)NC(C)CCC(C)C)cc1. The summed E-state index contributed by atoms with van der Waals surface area (Å²) in [5, 5.41) is 15.6. The van der Waals surface area contributed by atoms with Crippen LogP contribution in [0.2, 0.25) is 0 Å². The number of carbonyl (C=O) groups excluding carboxylic acids is 1. The molecule has 1 aromatic carbocycles. The number of nitrogens with one attached hydrogen (secondary N) is 2. The molecule has 22 heavy (non-hydrogen) atoms. The van der Waals surface area contributed by atoms with Gasteiger partial charge in [-0.15, -0.1) is 0 Å². The van der Waals surface area contributed by atoms with Crippen molar-refractivity contribution < 1.29 is 14.6 Å². The molecule has 0 spiro atoms. The summed E-state index contributed by atoms with van der Waals surface area (Å²) in [6.07, 6.45) is 1.30. The fourth-order valence-corrected chi connectivity index (χ4v) is 2.06. The van der Waals surface area contributed by atoms with Crippen molar-refractivity contribution in [2.24, 2.45) is 5.92 Å². The highest BCUT2D eigenvalue weighted by atomic mass is 16.5. The lowest BCUT2D eigenvalue weighted by molar-refractivity contribution is 0.172. The molecular weight excluding hydrogens is 280 g/mol. The summed E-state index contributed by atoms with van der Waals surface area (Å²) in [6.45, 7) is 6.49. The molecule has 2 amide bonds. The number of hydrogen-bond acceptors (Lipinski definition) is 3. The van der Waals surface area contributed by atoms with Gasteiger partial charge < -0.3 is 20.5 Å². The Morgan fingerprint density at radius 3 is 2.36 bits per heavy atom. The van der Waals surface area contributed by atoms with Gasteiger partial charge in [-0.25, -0.2) is 4.79 Å². The lowest BCUT2D eigenvalue weighted by Crippen LogP contribution is -2.42. The predicted octanol–water partition coefficient (Wildman–Crippen LogP) is 2.85. The van der Waals surface area contributed by atoms with Crippen molar-refractivity contribution in [1.29, 1.82) is 0 Å². The molecule has 124 valence electrons. The quantitative estimate of drug-likeness (QED) is 0.691. The molecule has 0 aliphatic carbocycles. The van der Waals surface area contributed by atoms with Gasteiger partial charge in [-0.05, 0) is 43.4 Å². The Labute approximate surface area is 133 Å². The number of amides is 2. The molecule has 2 unspecified atom stereocenters. The molecule has 1 aromatic rings. The van der Waals surface area contributed by atoms with Gasteiger partial charge in [-0.2, -0.15) is 0 Å². The Hall–Kier alpha value is -1.75. The van der Waals surface area contributed by atoms with Crippen molar-refractivity contribution in [3.63, 3.8) is 0 Å². The van der Waals surface area contributed by atoms with Crippen LogP contribution in [0.4, 0.5) is 4.79 Å². The molecule has 0 aromatic heterocycles. The van der Waals surface area contributed by atoms with Crippen molar-refractivity contribution in [2.45, 2.75) is 45.8 Å². The summed E-state index contributed by atoms with van der Waals surface area (Å²) in [7, 11) is 1.60. The highest BCUT2D eigenvalue weighted by Gasteiger charge is 2.11. The van der Waals surface area contributed by atoms with E-state index in [4.69, 9.17) is 4.74 Å². The number of rotatable bonds is 8. The summed E-state index contributed by atoms with van der Waals surface area (Å²) in [4.78, 5) is 11.8. The van der Waals surface area contributed by atoms with Gasteiger partial charge in [0.25, 0.3) is 0 Å². The van der Waals surface area contributed by atoms with E-state index in [1.807, 2.05) is 6.92 Å². The molecule has 5 heteroatoms. The molecule has 0 bridgehead atoms. The Balaban J connectivity index is 2.33. The Bertz CT molecular complexity index is 446. The van der Waals surface area contributed by atoms with Gasteiger partial charge in [-0.3, -0.25) is 0 Å². The number of aliphatic hydroxyl groups excluding tert-OH is 1. The molecule has 1 rings (SSSR count). The average molecular weight is 308 g/mol. The Kier molecular flexibility index (Phi) is 7.74. The molecule has 0 saturated carbocycles. The molecule has 0 radical (unpaired) electrons. The summed E-state index contributed by atoms with van der Waals surface area (Å²) in [6, 6.07) is 7.02. The van der Waals surface area contributed by atoms with Crippen LogP contribution in [-0.2, 0) is 0 Å². The Morgan fingerprint density at radius 1 is 1.18 bits per heavy atom. The number of aliphatic hydroxyl groups is 1. The monoisotopic (exact) mass is 308 g/mol. The second-order valence-corrected chi connectivity index (χ2v) is 6.02. The fraction of sp³-hybridized carbons (Fsp3) is 0.588. The first-order chi connectivity index (χ1) is 10.4. The van der Waals surface area contributed by atoms with E-state index in [-0.39, 0.29) is 18.6 Å². The smallest absolute Gasteiger partial charge is 0.315 e. The number of carbonyl (C=O) groups is 1. The third-order valence-electron chi connectivity index (χ3n) is 3.51. The standard InChI is InChI=1S/C17H28N2O3/c1-12(2)5-6-13(3)19-17(21)18-11-16(20)14-7-9-15(22-4)10-8-14/h7-10,12-13,16,20H,5-6,11H2,1-4H3,(H2,18,19,21). The molecular formula is C17H28N2O3. The van der Waals surface area contributed by atoms with Gasteiger partial charge in [0.1, 0.15) is 5.75 Å². The largest absolute Gasteiger partial charge is 0.497 e. The second kappa shape index (κ2) is 9.30. The number of methoxy groups -OCH3 is 1. The van der Waals surface area contributed by atoms with Gasteiger partial charge in [0.2, 0.25) is 0 Å². The zero-order valence-electron chi connectivity index (χ0n) is 13.9. The maximum atomic E-state index is 11.8. The lowest BCUT2D eigenvalue weighted by atomic mass is 10.0. The van der Waals surface area contributed by atoms with Crippen LogP contribution in [0.1, 0.15) is 45.3 Å². The molecule has 2 atom stereocenters. The predicted molar refractivity (Wildman–Crippen MR) is 88.0 cm³/mol. The molecule has 3 N–H and O–H groups in total. The number of hydrogen-bond donors (Lipinski definition) is 3. The first kappa shape index (κ1) is 18.3. The fourth-order valence-electron chi connectivity index (χ4n) is 2.06. The van der Waals surface area contributed by atoms with Crippen LogP contribution in [0, 0.1) is 5.92 Å². The van der Waals surface area contributed by atoms with E-state index in [1.54, 1.807) is 31.4 Å². The molecule has 0 aliphatic heterocycles. The van der Waals surface area contributed by atoms with Gasteiger partial charge in [0.15, 0.2) is 0 Å². The summed E-state index contributed by atoms with van der Waals surface area (Å²) >= 11 is 0. The van der Waals surface area contributed by atoms with Crippen LogP contribution < -0.4 is 15.4 Å². The number of benzene rings is 1. The molecule has 5 nitrogen and oxygen atoms in total. The van der Waals surface area contributed by atoms with E-state index >= 15 is 0 Å². The summed E-state index contributed by atoms with van der Waals surface area (Å²) in [5.41, 5.74) is 0.744. The third-order valence-corrected chi connectivity index (χ3v) is 3.51. The maximum absolute atomic E-state index is 11.8. The van der Waals surface area contributed by atoms with Crippen LogP contribution in [0.3, 0.4) is 0 Å². The summed E-state index contributed by atoms with van der Waals surface area (Å²) < 4.78 is 5.07. The zero-order chi connectivity index (χ0) is 16.5. The number of urea groups is 1. The first-order valence-corrected chi connectivity index (χ1v) is 7.78. The first-order valence-electron chi connectivity index (χ1n) is 7.78. The van der Waals surface area contributed by atoms with E-state index in [0.717, 1.165) is 24.2 Å². The minimum Gasteiger partial charge on any atom is -0.497 e. The van der Waals surface area contributed by atoms with E-state index in [0.29, 0.717) is 5.92 Å². The molecule has 0 heterocycles. The zero-order valence-corrected chi connectivity index (χ0v) is 13.9. The third kappa shape index (κ3) is 6.80. The minimum absolute atomic E-state index is 0.125. The van der Waals surface area contributed by atoms with Gasteiger partial charge in [-0.1, -0.05) is 26.0 Å². The van der Waals surface area contributed by atoms with Crippen molar-refractivity contribution in [3.8, 4) is 5.75 Å². The van der Waals surface area contributed by atoms with Crippen molar-refractivity contribution in [2.75, 3.05) is 13.7 Å². The van der Waals surface area contributed by atoms with Gasteiger partial charge >= 0.3 is 6.03 Å². The van der Waals surface area contributed by atoms with Crippen LogP contribution in [0.25, 0.3) is 0 Å². The molecule has 0 aliphatic rings. The van der Waals surface area contributed by atoms with Crippen LogP contribution in [0.5, 0.6) is 5.75 Å². The normalized spacial score (nSPS) is 13.5. The van der Waals surface area contributed by atoms with Crippen molar-refractivity contribution >= 4 is 6.03 Å². The highest BCUT2D eigenvalue weighted by molar-refractivity contribution is 5.74. The van der Waals surface area contributed by atoms with Crippen LogP contribution in [0.15, 0.2) is 24.3 Å². The summed E-state index contributed by atoms with van der Waals surface area (Å²) in [5.74, 6) is 1.37. The van der Waals surface area contributed by atoms with Crippen LogP contribution >= 0.6 is 0 Å². The molecule has 0 saturated heterocycles. The van der Waals surface area contributed by atoms with Crippen molar-refractivity contribution in [1.82, 2.24) is 10.6 Å². The van der Waals surface area contributed by atoms with E-state index in [1.165, 1.54) is 0 Å². The highest BCUT2D eigenvalue weighted by Crippen LogP contribution is 2.16. The Morgan fingerprint density at radius 2 is 1.82 bits per heavy atom. The minimum atomic E-state index is -0.734. The van der Waals surface area contributed by atoms with E-state index in [2.05, 4.69) is 24.5 Å². The average Bonchev–Trinajstić information content (AvgIpc) is 2.50. The lowest BCUT2D eigenvalue weighted by Gasteiger charge is -2.17. The van der Waals surface area contributed by atoms with E-state index in [9.17, 15) is 9.90 Å². The van der Waals surface area contributed by atoms with Crippen LogP contribution in [-0.4, -0.2) is 30.8 Å². The molecule has 0 fully saturated rings. The maximum Gasteiger partial charge on any atom is 0.315 e. The topological polar surface area (TPSA) is 70.6 Å². The van der Waals surface area contributed by atoms with Crippen molar-refractivity contribution in [3.05, 3.63) is 29.8 Å². The van der Waals surface area contributed by atoms with Gasteiger partial charge in [0.05, 0.1) is 13.2 Å². The van der Waals surface area contributed by atoms with Gasteiger partial charge in [0, 0.05) is 12.6 Å². The van der Waals surface area contributed by atoms with E-state index < -0.39 is 6.10 Å². The second-order valence-electron chi connectivity index (χ2n) is 6.02.